The minimum Gasteiger partial charge on any atom is -0.314 e. The van der Waals surface area contributed by atoms with Gasteiger partial charge in [-0.15, -0.1) is 0 Å². The zero-order chi connectivity index (χ0) is 12.1. The van der Waals surface area contributed by atoms with Crippen molar-refractivity contribution in [3.63, 3.8) is 0 Å². The van der Waals surface area contributed by atoms with E-state index in [1.165, 1.54) is 5.69 Å². The van der Waals surface area contributed by atoms with Crippen LogP contribution in [0, 0.1) is 0 Å². The highest BCUT2D eigenvalue weighted by molar-refractivity contribution is 5.11. The quantitative estimate of drug-likeness (QED) is 0.824. The molecule has 1 aromatic heterocycles. The van der Waals surface area contributed by atoms with E-state index in [1.807, 2.05) is 7.05 Å². The second kappa shape index (κ2) is 6.10. The fraction of sp³-hybridized carbons (Fsp3) is 0.615. The molecule has 2 rings (SSSR count). The van der Waals surface area contributed by atoms with Crippen LogP contribution in [0.2, 0.25) is 0 Å². The van der Waals surface area contributed by atoms with Gasteiger partial charge in [0.1, 0.15) is 0 Å². The Kier molecular flexibility index (Phi) is 4.48. The molecule has 1 saturated heterocycles. The van der Waals surface area contributed by atoms with Crippen molar-refractivity contribution < 1.29 is 0 Å². The van der Waals surface area contributed by atoms with E-state index in [4.69, 9.17) is 0 Å². The second-order valence-electron chi connectivity index (χ2n) is 4.73. The average Bonchev–Trinajstić information content (AvgIpc) is 2.33. The Bertz CT molecular complexity index is 345. The van der Waals surface area contributed by atoms with E-state index in [2.05, 4.69) is 45.3 Å². The summed E-state index contributed by atoms with van der Waals surface area (Å²) in [6.07, 6.45) is 0. The molecule has 1 aliphatic rings. The first-order valence-electron chi connectivity index (χ1n) is 6.28. The molecule has 0 unspecified atom stereocenters. The summed E-state index contributed by atoms with van der Waals surface area (Å²) in [5, 5.41) is 3.14. The smallest absolute Gasteiger partial charge is 0.0547 e. The minimum atomic E-state index is 0.844. The van der Waals surface area contributed by atoms with E-state index in [1.54, 1.807) is 0 Å². The molecule has 1 aliphatic heterocycles. The van der Waals surface area contributed by atoms with Crippen LogP contribution in [0.5, 0.6) is 0 Å². The zero-order valence-corrected chi connectivity index (χ0v) is 10.8. The number of piperazine rings is 1. The normalized spacial score (nSPS) is 18.5. The zero-order valence-electron chi connectivity index (χ0n) is 10.8. The topological polar surface area (TPSA) is 31.4 Å². The number of nitrogens with one attached hydrogen (secondary N) is 1. The van der Waals surface area contributed by atoms with E-state index in [0.717, 1.165) is 45.0 Å². The summed E-state index contributed by atoms with van der Waals surface area (Å²) in [6.45, 7) is 6.44. The summed E-state index contributed by atoms with van der Waals surface area (Å²) in [7, 11) is 4.14. The predicted molar refractivity (Wildman–Crippen MR) is 69.8 cm³/mol. The van der Waals surface area contributed by atoms with Crippen molar-refractivity contribution in [1.82, 2.24) is 20.1 Å². The van der Waals surface area contributed by atoms with Crippen molar-refractivity contribution in [3.8, 4) is 0 Å². The molecule has 0 atom stereocenters. The van der Waals surface area contributed by atoms with E-state index in [-0.39, 0.29) is 0 Å². The third kappa shape index (κ3) is 3.77. The maximum absolute atomic E-state index is 4.66. The largest absolute Gasteiger partial charge is 0.314 e. The van der Waals surface area contributed by atoms with E-state index < -0.39 is 0 Å². The monoisotopic (exact) mass is 234 g/mol. The lowest BCUT2D eigenvalue weighted by Crippen LogP contribution is -2.44. The van der Waals surface area contributed by atoms with Gasteiger partial charge in [0.05, 0.1) is 11.4 Å². The summed E-state index contributed by atoms with van der Waals surface area (Å²) in [6, 6.07) is 6.30. The second-order valence-corrected chi connectivity index (χ2v) is 4.73. The van der Waals surface area contributed by atoms with Gasteiger partial charge in [0.2, 0.25) is 0 Å². The van der Waals surface area contributed by atoms with Crippen LogP contribution in [0.3, 0.4) is 0 Å². The highest BCUT2D eigenvalue weighted by atomic mass is 15.2. The molecule has 0 amide bonds. The molecule has 0 bridgehead atoms. The highest BCUT2D eigenvalue weighted by Gasteiger charge is 2.14. The molecule has 0 saturated carbocycles. The number of hydrogen-bond donors (Lipinski definition) is 1. The molecule has 4 heteroatoms. The molecular weight excluding hydrogens is 212 g/mol. The first-order chi connectivity index (χ1) is 8.28. The van der Waals surface area contributed by atoms with Crippen LogP contribution in [0.1, 0.15) is 11.4 Å². The van der Waals surface area contributed by atoms with Gasteiger partial charge in [-0.05, 0) is 26.2 Å². The lowest BCUT2D eigenvalue weighted by atomic mass is 10.2. The molecule has 4 nitrogen and oxygen atoms in total. The van der Waals surface area contributed by atoms with Gasteiger partial charge in [-0.2, -0.15) is 0 Å². The third-order valence-electron chi connectivity index (χ3n) is 3.20. The number of rotatable bonds is 4. The molecule has 0 radical (unpaired) electrons. The minimum absolute atomic E-state index is 0.844. The molecule has 2 heterocycles. The summed E-state index contributed by atoms with van der Waals surface area (Å²) in [5.41, 5.74) is 2.31. The first-order valence-corrected chi connectivity index (χ1v) is 6.28. The van der Waals surface area contributed by atoms with Crippen molar-refractivity contribution in [3.05, 3.63) is 29.6 Å². The highest BCUT2D eigenvalue weighted by Crippen LogP contribution is 2.06. The summed E-state index contributed by atoms with van der Waals surface area (Å²) in [4.78, 5) is 9.51. The summed E-state index contributed by atoms with van der Waals surface area (Å²) < 4.78 is 0. The Balaban J connectivity index is 1.91. The standard InChI is InChI=1S/C13H22N4/c1-14-10-12-4-3-5-13(15-12)11-17-8-6-16(2)7-9-17/h3-5,14H,6-11H2,1-2H3. The molecule has 1 aromatic rings. The Morgan fingerprint density at radius 1 is 1.18 bits per heavy atom. The molecule has 1 fully saturated rings. The van der Waals surface area contributed by atoms with Crippen molar-refractivity contribution in [2.24, 2.45) is 0 Å². The van der Waals surface area contributed by atoms with Crippen LogP contribution in [0.4, 0.5) is 0 Å². The summed E-state index contributed by atoms with van der Waals surface area (Å²) in [5.74, 6) is 0. The van der Waals surface area contributed by atoms with Gasteiger partial charge in [-0.25, -0.2) is 0 Å². The third-order valence-corrected chi connectivity index (χ3v) is 3.20. The SMILES string of the molecule is CNCc1cccc(CN2CCN(C)CC2)n1. The number of hydrogen-bond acceptors (Lipinski definition) is 4. The Labute approximate surface area is 104 Å². The maximum atomic E-state index is 4.66. The Morgan fingerprint density at radius 2 is 1.88 bits per heavy atom. The van der Waals surface area contributed by atoms with Crippen LogP contribution in [-0.2, 0) is 13.1 Å². The number of pyridine rings is 1. The van der Waals surface area contributed by atoms with Crippen LogP contribution >= 0.6 is 0 Å². The fourth-order valence-electron chi connectivity index (χ4n) is 2.13. The van der Waals surface area contributed by atoms with Crippen LogP contribution < -0.4 is 5.32 Å². The van der Waals surface area contributed by atoms with Gasteiger partial charge >= 0.3 is 0 Å². The van der Waals surface area contributed by atoms with Gasteiger partial charge in [-0.3, -0.25) is 9.88 Å². The number of aromatic nitrogens is 1. The van der Waals surface area contributed by atoms with Crippen LogP contribution in [0.15, 0.2) is 18.2 Å². The van der Waals surface area contributed by atoms with E-state index >= 15 is 0 Å². The van der Waals surface area contributed by atoms with Crippen LogP contribution in [0.25, 0.3) is 0 Å². The van der Waals surface area contributed by atoms with Crippen molar-refractivity contribution in [2.45, 2.75) is 13.1 Å². The van der Waals surface area contributed by atoms with E-state index in [9.17, 15) is 0 Å². The van der Waals surface area contributed by atoms with Gasteiger partial charge in [0, 0.05) is 39.3 Å². The van der Waals surface area contributed by atoms with Gasteiger partial charge < -0.3 is 10.2 Å². The molecule has 94 valence electrons. The van der Waals surface area contributed by atoms with E-state index in [0.29, 0.717) is 0 Å². The lowest BCUT2D eigenvalue weighted by molar-refractivity contribution is 0.147. The maximum Gasteiger partial charge on any atom is 0.0547 e. The van der Waals surface area contributed by atoms with Crippen molar-refractivity contribution in [2.75, 3.05) is 40.3 Å². The van der Waals surface area contributed by atoms with Gasteiger partial charge in [-0.1, -0.05) is 6.07 Å². The van der Waals surface area contributed by atoms with Crippen LogP contribution in [-0.4, -0.2) is 55.1 Å². The van der Waals surface area contributed by atoms with Gasteiger partial charge in [0.15, 0.2) is 0 Å². The Hall–Kier alpha value is -0.970. The van der Waals surface area contributed by atoms with Gasteiger partial charge in [0.25, 0.3) is 0 Å². The predicted octanol–water partition coefficient (Wildman–Crippen LogP) is 0.548. The molecule has 17 heavy (non-hydrogen) atoms. The fourth-order valence-corrected chi connectivity index (χ4v) is 2.13. The first kappa shape index (κ1) is 12.5. The molecule has 1 N–H and O–H groups in total. The summed E-state index contributed by atoms with van der Waals surface area (Å²) >= 11 is 0. The molecule has 0 spiro atoms. The number of likely N-dealkylation sites (N-methyl/N-ethyl adjacent to an activating group) is 1. The molecule has 0 aliphatic carbocycles. The lowest BCUT2D eigenvalue weighted by Gasteiger charge is -2.32. The molecular formula is C13H22N4. The Morgan fingerprint density at radius 3 is 2.59 bits per heavy atom. The molecule has 0 aromatic carbocycles. The van der Waals surface area contributed by atoms with Crippen molar-refractivity contribution >= 4 is 0 Å². The average molecular weight is 234 g/mol. The number of nitrogens with zero attached hydrogens (tertiary/aromatic N) is 3. The van der Waals surface area contributed by atoms with Crippen molar-refractivity contribution in [1.29, 1.82) is 0 Å².